The zero-order valence-corrected chi connectivity index (χ0v) is 14.3. The van der Waals surface area contributed by atoms with Crippen LogP contribution in [0.25, 0.3) is 0 Å². The molecule has 0 aliphatic rings. The molecule has 2 N–H and O–H groups in total. The minimum atomic E-state index is -0.224. The minimum absolute atomic E-state index is 0.224. The summed E-state index contributed by atoms with van der Waals surface area (Å²) in [5.74, 6) is 0.711. The second kappa shape index (κ2) is 7.40. The van der Waals surface area contributed by atoms with E-state index in [0.29, 0.717) is 12.4 Å². The van der Waals surface area contributed by atoms with Gasteiger partial charge >= 0.3 is 6.03 Å². The van der Waals surface area contributed by atoms with Crippen LogP contribution < -0.4 is 10.6 Å². The lowest BCUT2D eigenvalue weighted by molar-refractivity contribution is 0.251. The number of aromatic nitrogens is 3. The van der Waals surface area contributed by atoms with E-state index in [9.17, 15) is 4.79 Å². The van der Waals surface area contributed by atoms with E-state index in [4.69, 9.17) is 0 Å². The Morgan fingerprint density at radius 2 is 2.23 bits per heavy atom. The molecule has 0 radical (unpaired) electrons. The number of hydrogen-bond donors (Lipinski definition) is 2. The van der Waals surface area contributed by atoms with Crippen LogP contribution in [0.3, 0.4) is 0 Å². The highest BCUT2D eigenvalue weighted by Crippen LogP contribution is 2.19. The number of carbonyl (C=O) groups is 1. The average Bonchev–Trinajstić information content (AvgIpc) is 3.10. The van der Waals surface area contributed by atoms with E-state index in [1.54, 1.807) is 23.6 Å². The van der Waals surface area contributed by atoms with Crippen LogP contribution in [-0.2, 0) is 13.0 Å². The van der Waals surface area contributed by atoms with Gasteiger partial charge in [-0.25, -0.2) is 14.5 Å². The molecule has 2 aromatic rings. The van der Waals surface area contributed by atoms with Gasteiger partial charge in [0.25, 0.3) is 0 Å². The fourth-order valence-electron chi connectivity index (χ4n) is 2.19. The van der Waals surface area contributed by atoms with Gasteiger partial charge in [0.05, 0.1) is 29.5 Å². The van der Waals surface area contributed by atoms with Crippen molar-refractivity contribution in [1.82, 2.24) is 20.1 Å². The topological polar surface area (TPSA) is 71.8 Å². The van der Waals surface area contributed by atoms with E-state index >= 15 is 0 Å². The van der Waals surface area contributed by atoms with E-state index < -0.39 is 0 Å². The van der Waals surface area contributed by atoms with Crippen molar-refractivity contribution < 1.29 is 4.79 Å². The number of hydrogen-bond acceptors (Lipinski definition) is 4. The van der Waals surface area contributed by atoms with Gasteiger partial charge in [-0.15, -0.1) is 11.3 Å². The maximum atomic E-state index is 12.1. The number of amides is 2. The summed E-state index contributed by atoms with van der Waals surface area (Å²) < 4.78 is 1.83. The van der Waals surface area contributed by atoms with Crippen molar-refractivity contribution in [3.63, 3.8) is 0 Å². The number of carbonyl (C=O) groups excluding carboxylic acids is 1. The summed E-state index contributed by atoms with van der Waals surface area (Å²) in [7, 11) is 0. The van der Waals surface area contributed by atoms with Gasteiger partial charge in [0.15, 0.2) is 0 Å². The van der Waals surface area contributed by atoms with Gasteiger partial charge in [-0.3, -0.25) is 5.32 Å². The molecule has 0 fully saturated rings. The third-order valence-corrected chi connectivity index (χ3v) is 4.56. The Balaban J connectivity index is 1.95. The summed E-state index contributed by atoms with van der Waals surface area (Å²) in [6.07, 6.45) is 3.53. The molecule has 1 unspecified atom stereocenters. The smallest absolute Gasteiger partial charge is 0.320 e. The molecule has 2 aromatic heterocycles. The Morgan fingerprint density at radius 1 is 1.45 bits per heavy atom. The normalized spacial score (nSPS) is 12.2. The Morgan fingerprint density at radius 3 is 2.91 bits per heavy atom. The first-order valence-corrected chi connectivity index (χ1v) is 8.40. The molecule has 0 bridgehead atoms. The number of rotatable bonds is 6. The van der Waals surface area contributed by atoms with E-state index in [1.807, 2.05) is 11.6 Å². The summed E-state index contributed by atoms with van der Waals surface area (Å²) in [6.45, 7) is 8.72. The Hall–Kier alpha value is -1.89. The zero-order valence-electron chi connectivity index (χ0n) is 13.5. The number of anilines is 1. The lowest BCUT2D eigenvalue weighted by atomic mass is 10.3. The van der Waals surface area contributed by atoms with Gasteiger partial charge in [0, 0.05) is 10.9 Å². The molecular formula is C15H23N5OS. The van der Waals surface area contributed by atoms with Crippen molar-refractivity contribution in [2.45, 2.75) is 53.1 Å². The molecule has 0 saturated heterocycles. The van der Waals surface area contributed by atoms with E-state index in [0.717, 1.165) is 28.4 Å². The number of urea groups is 1. The third kappa shape index (κ3) is 3.85. The van der Waals surface area contributed by atoms with Crippen LogP contribution >= 0.6 is 11.3 Å². The number of aryl methyl sites for hydroxylation is 2. The molecule has 1 atom stereocenters. The van der Waals surface area contributed by atoms with Crippen molar-refractivity contribution >= 4 is 23.2 Å². The summed E-state index contributed by atoms with van der Waals surface area (Å²) in [5, 5.41) is 11.0. The molecule has 0 saturated carbocycles. The van der Waals surface area contributed by atoms with Crippen LogP contribution in [0.2, 0.25) is 0 Å². The van der Waals surface area contributed by atoms with Crippen molar-refractivity contribution in [3.05, 3.63) is 27.8 Å². The highest BCUT2D eigenvalue weighted by Gasteiger charge is 2.12. The predicted octanol–water partition coefficient (Wildman–Crippen LogP) is 3.50. The summed E-state index contributed by atoms with van der Waals surface area (Å²) in [5.41, 5.74) is 1.06. The number of nitrogens with zero attached hydrogens (tertiary/aromatic N) is 3. The lowest BCUT2D eigenvalue weighted by Crippen LogP contribution is -2.29. The molecule has 0 aromatic carbocycles. The fraction of sp³-hybridized carbons (Fsp3) is 0.533. The van der Waals surface area contributed by atoms with Crippen LogP contribution in [0.1, 0.15) is 48.8 Å². The average molecular weight is 321 g/mol. The molecule has 0 aliphatic carbocycles. The molecule has 0 spiro atoms. The molecule has 2 heterocycles. The van der Waals surface area contributed by atoms with Gasteiger partial charge < -0.3 is 5.32 Å². The van der Waals surface area contributed by atoms with Gasteiger partial charge in [0.1, 0.15) is 5.82 Å². The van der Waals surface area contributed by atoms with Crippen molar-refractivity contribution in [2.75, 3.05) is 5.32 Å². The second-order valence-corrected chi connectivity index (χ2v) is 6.47. The monoisotopic (exact) mass is 321 g/mol. The van der Waals surface area contributed by atoms with Gasteiger partial charge in [0.2, 0.25) is 0 Å². The maximum Gasteiger partial charge on any atom is 0.320 e. The molecule has 2 amide bonds. The highest BCUT2D eigenvalue weighted by molar-refractivity contribution is 7.11. The standard InChI is InChI=1S/C15H23N5OS/c1-5-10(3)20-14(7-8-17-20)19-15(21)16-9-13-12(6-2)18-11(4)22-13/h7-8,10H,5-6,9H2,1-4H3,(H2,16,19,21). The van der Waals surface area contributed by atoms with Crippen LogP contribution in [0, 0.1) is 6.92 Å². The zero-order chi connectivity index (χ0) is 16.1. The summed E-state index contributed by atoms with van der Waals surface area (Å²) >= 11 is 1.63. The van der Waals surface area contributed by atoms with E-state index in [2.05, 4.69) is 41.5 Å². The third-order valence-electron chi connectivity index (χ3n) is 3.55. The Kier molecular flexibility index (Phi) is 5.54. The summed E-state index contributed by atoms with van der Waals surface area (Å²) in [6, 6.07) is 1.83. The Labute approximate surface area is 135 Å². The van der Waals surface area contributed by atoms with Crippen molar-refractivity contribution in [3.8, 4) is 0 Å². The van der Waals surface area contributed by atoms with Gasteiger partial charge in [-0.05, 0) is 26.7 Å². The number of nitrogens with one attached hydrogen (secondary N) is 2. The maximum absolute atomic E-state index is 12.1. The first-order valence-electron chi connectivity index (χ1n) is 7.58. The Bertz CT molecular complexity index is 634. The van der Waals surface area contributed by atoms with Crippen LogP contribution in [0.4, 0.5) is 10.6 Å². The predicted molar refractivity (Wildman–Crippen MR) is 89.3 cm³/mol. The van der Waals surface area contributed by atoms with Crippen LogP contribution in [0.15, 0.2) is 12.3 Å². The van der Waals surface area contributed by atoms with Crippen molar-refractivity contribution in [2.24, 2.45) is 0 Å². The molecule has 120 valence electrons. The van der Waals surface area contributed by atoms with Gasteiger partial charge in [-0.2, -0.15) is 5.10 Å². The second-order valence-electron chi connectivity index (χ2n) is 5.18. The highest BCUT2D eigenvalue weighted by atomic mass is 32.1. The summed E-state index contributed by atoms with van der Waals surface area (Å²) in [4.78, 5) is 17.7. The minimum Gasteiger partial charge on any atom is -0.333 e. The molecule has 6 nitrogen and oxygen atoms in total. The van der Waals surface area contributed by atoms with Crippen molar-refractivity contribution in [1.29, 1.82) is 0 Å². The lowest BCUT2D eigenvalue weighted by Gasteiger charge is -2.14. The molecular weight excluding hydrogens is 298 g/mol. The number of thiazole rings is 1. The van der Waals surface area contributed by atoms with Gasteiger partial charge in [-0.1, -0.05) is 13.8 Å². The molecule has 22 heavy (non-hydrogen) atoms. The van der Waals surface area contributed by atoms with E-state index in [-0.39, 0.29) is 12.1 Å². The molecule has 2 rings (SSSR count). The SMILES string of the molecule is CCc1nc(C)sc1CNC(=O)Nc1ccnn1C(C)CC. The largest absolute Gasteiger partial charge is 0.333 e. The van der Waals surface area contributed by atoms with E-state index in [1.165, 1.54) is 0 Å². The molecule has 7 heteroatoms. The first kappa shape index (κ1) is 16.5. The quantitative estimate of drug-likeness (QED) is 0.855. The molecule has 0 aliphatic heterocycles. The fourth-order valence-corrected chi connectivity index (χ4v) is 3.15. The van der Waals surface area contributed by atoms with Crippen LogP contribution in [-0.4, -0.2) is 20.8 Å². The van der Waals surface area contributed by atoms with Crippen LogP contribution in [0.5, 0.6) is 0 Å². The first-order chi connectivity index (χ1) is 10.5.